The van der Waals surface area contributed by atoms with Gasteiger partial charge in [0.15, 0.2) is 11.2 Å². The first-order valence-electron chi connectivity index (χ1n) is 9.71. The van der Waals surface area contributed by atoms with Crippen LogP contribution in [0.5, 0.6) is 0 Å². The lowest BCUT2D eigenvalue weighted by molar-refractivity contribution is -0.121. The lowest BCUT2D eigenvalue weighted by Gasteiger charge is -2.11. The molecule has 156 valence electrons. The summed E-state index contributed by atoms with van der Waals surface area (Å²) in [5.74, 6) is 0.599. The van der Waals surface area contributed by atoms with Gasteiger partial charge in [-0.25, -0.2) is 14.8 Å². The molecule has 0 spiro atoms. The molecule has 0 saturated heterocycles. The molecule has 2 N–H and O–H groups in total. The van der Waals surface area contributed by atoms with Crippen LogP contribution in [0.3, 0.4) is 0 Å². The standard InChI is InChI=1S/C20H23N7O3/c1-12(17-23-13-7-4-5-8-14(13)24-17)22-15(28)9-6-10-27-11-21-18-16(27)19(29)26(3)20(30)25(18)2/h4-5,7-8,11-12H,6,9-10H2,1-3H3,(H,22,28)(H,23,24). The van der Waals surface area contributed by atoms with E-state index >= 15 is 0 Å². The van der Waals surface area contributed by atoms with Crippen molar-refractivity contribution in [2.75, 3.05) is 0 Å². The fourth-order valence-corrected chi connectivity index (χ4v) is 3.54. The maximum absolute atomic E-state index is 12.5. The maximum atomic E-state index is 12.5. The lowest BCUT2D eigenvalue weighted by atomic mass is 10.2. The normalized spacial score (nSPS) is 12.5. The van der Waals surface area contributed by atoms with E-state index in [-0.39, 0.29) is 18.4 Å². The van der Waals surface area contributed by atoms with Gasteiger partial charge in [0.05, 0.1) is 23.4 Å². The molecular weight excluding hydrogens is 386 g/mol. The zero-order valence-corrected chi connectivity index (χ0v) is 17.0. The summed E-state index contributed by atoms with van der Waals surface area (Å²) in [5.41, 5.74) is 1.67. The molecule has 1 aromatic carbocycles. The van der Waals surface area contributed by atoms with Gasteiger partial charge in [-0.2, -0.15) is 0 Å². The van der Waals surface area contributed by atoms with Crippen LogP contribution in [-0.4, -0.2) is 34.6 Å². The topological polar surface area (TPSA) is 120 Å². The van der Waals surface area contributed by atoms with Crippen molar-refractivity contribution in [3.05, 3.63) is 57.3 Å². The zero-order valence-electron chi connectivity index (χ0n) is 17.0. The molecule has 1 atom stereocenters. The van der Waals surface area contributed by atoms with Gasteiger partial charge in [0.1, 0.15) is 5.82 Å². The molecule has 10 nitrogen and oxygen atoms in total. The molecule has 0 fully saturated rings. The van der Waals surface area contributed by atoms with Crippen molar-refractivity contribution in [3.63, 3.8) is 0 Å². The second kappa shape index (κ2) is 7.62. The highest BCUT2D eigenvalue weighted by atomic mass is 16.2. The fraction of sp³-hybridized carbons (Fsp3) is 0.350. The molecule has 0 aliphatic rings. The van der Waals surface area contributed by atoms with E-state index in [0.29, 0.717) is 30.0 Å². The summed E-state index contributed by atoms with van der Waals surface area (Å²) < 4.78 is 4.09. The molecule has 0 radical (unpaired) electrons. The number of aryl methyl sites for hydroxylation is 2. The third-order valence-corrected chi connectivity index (χ3v) is 5.22. The van der Waals surface area contributed by atoms with Gasteiger partial charge in [0.25, 0.3) is 5.56 Å². The highest BCUT2D eigenvalue weighted by molar-refractivity contribution is 5.77. The first-order valence-corrected chi connectivity index (χ1v) is 9.71. The summed E-state index contributed by atoms with van der Waals surface area (Å²) in [7, 11) is 3.02. The van der Waals surface area contributed by atoms with Gasteiger partial charge in [0, 0.05) is 27.1 Å². The molecule has 30 heavy (non-hydrogen) atoms. The average molecular weight is 409 g/mol. The molecular formula is C20H23N7O3. The minimum Gasteiger partial charge on any atom is -0.346 e. The van der Waals surface area contributed by atoms with Crippen molar-refractivity contribution in [2.45, 2.75) is 32.4 Å². The number of nitrogens with zero attached hydrogens (tertiary/aromatic N) is 5. The number of rotatable bonds is 6. The van der Waals surface area contributed by atoms with Crippen LogP contribution < -0.4 is 16.6 Å². The quantitative estimate of drug-likeness (QED) is 0.492. The summed E-state index contributed by atoms with van der Waals surface area (Å²) in [6, 6.07) is 7.45. The molecule has 10 heteroatoms. The van der Waals surface area contributed by atoms with Crippen molar-refractivity contribution in [3.8, 4) is 0 Å². The Morgan fingerprint density at radius 2 is 1.97 bits per heavy atom. The number of nitrogens with one attached hydrogen (secondary N) is 2. The number of hydrogen-bond acceptors (Lipinski definition) is 5. The predicted octanol–water partition coefficient (Wildman–Crippen LogP) is 0.968. The maximum Gasteiger partial charge on any atom is 0.332 e. The average Bonchev–Trinajstić information content (AvgIpc) is 3.35. The molecule has 4 rings (SSSR count). The van der Waals surface area contributed by atoms with E-state index < -0.39 is 11.2 Å². The molecule has 1 amide bonds. The molecule has 1 unspecified atom stereocenters. The van der Waals surface area contributed by atoms with Crippen molar-refractivity contribution >= 4 is 28.1 Å². The van der Waals surface area contributed by atoms with E-state index in [1.807, 2.05) is 31.2 Å². The summed E-state index contributed by atoms with van der Waals surface area (Å²) in [5, 5.41) is 2.94. The van der Waals surface area contributed by atoms with Gasteiger partial charge in [-0.15, -0.1) is 0 Å². The van der Waals surface area contributed by atoms with E-state index in [4.69, 9.17) is 0 Å². The highest BCUT2D eigenvalue weighted by Crippen LogP contribution is 2.15. The van der Waals surface area contributed by atoms with Crippen molar-refractivity contribution in [2.24, 2.45) is 14.1 Å². The van der Waals surface area contributed by atoms with E-state index in [9.17, 15) is 14.4 Å². The lowest BCUT2D eigenvalue weighted by Crippen LogP contribution is -2.37. The van der Waals surface area contributed by atoms with Crippen molar-refractivity contribution < 1.29 is 4.79 Å². The van der Waals surface area contributed by atoms with Crippen LogP contribution in [0.2, 0.25) is 0 Å². The van der Waals surface area contributed by atoms with Crippen LogP contribution in [0.15, 0.2) is 40.2 Å². The Labute approximate surface area is 171 Å². The van der Waals surface area contributed by atoms with Gasteiger partial charge in [-0.05, 0) is 25.5 Å². The van der Waals surface area contributed by atoms with Gasteiger partial charge < -0.3 is 14.9 Å². The van der Waals surface area contributed by atoms with Crippen LogP contribution in [0, 0.1) is 0 Å². The number of hydrogen-bond donors (Lipinski definition) is 2. The summed E-state index contributed by atoms with van der Waals surface area (Å²) in [4.78, 5) is 48.7. The van der Waals surface area contributed by atoms with Crippen LogP contribution in [0.4, 0.5) is 0 Å². The second-order valence-corrected chi connectivity index (χ2v) is 7.35. The van der Waals surface area contributed by atoms with Crippen LogP contribution in [0.25, 0.3) is 22.2 Å². The molecule has 0 saturated carbocycles. The number of H-pyrrole nitrogens is 1. The molecule has 0 aliphatic carbocycles. The van der Waals surface area contributed by atoms with Crippen molar-refractivity contribution in [1.82, 2.24) is 34.0 Å². The van der Waals surface area contributed by atoms with E-state index in [1.54, 1.807) is 11.6 Å². The smallest absolute Gasteiger partial charge is 0.332 e. The van der Waals surface area contributed by atoms with Crippen LogP contribution in [-0.2, 0) is 25.4 Å². The number of carbonyl (C=O) groups is 1. The number of aromatic amines is 1. The minimum absolute atomic E-state index is 0.104. The number of carbonyl (C=O) groups excluding carboxylic acids is 1. The summed E-state index contributed by atoms with van der Waals surface area (Å²) in [6.07, 6.45) is 2.34. The molecule has 4 aromatic rings. The SMILES string of the molecule is CC(NC(=O)CCCn1cnc2c1c(=O)n(C)c(=O)n2C)c1nc2ccccc2[nH]1. The largest absolute Gasteiger partial charge is 0.346 e. The Morgan fingerprint density at radius 3 is 2.73 bits per heavy atom. The van der Waals surface area contributed by atoms with Crippen LogP contribution >= 0.6 is 0 Å². The van der Waals surface area contributed by atoms with E-state index in [0.717, 1.165) is 15.6 Å². The molecule has 0 aliphatic heterocycles. The zero-order chi connectivity index (χ0) is 21.4. The number of imidazole rings is 2. The minimum atomic E-state index is -0.420. The van der Waals surface area contributed by atoms with Crippen molar-refractivity contribution in [1.29, 1.82) is 0 Å². The third kappa shape index (κ3) is 3.40. The molecule has 0 bridgehead atoms. The Hall–Kier alpha value is -3.69. The fourth-order valence-electron chi connectivity index (χ4n) is 3.54. The Balaban J connectivity index is 1.40. The number of benzene rings is 1. The first kappa shape index (κ1) is 19.6. The van der Waals surface area contributed by atoms with E-state index in [2.05, 4.69) is 20.3 Å². The number of aromatic nitrogens is 6. The number of amides is 1. The van der Waals surface area contributed by atoms with Gasteiger partial charge in [-0.1, -0.05) is 12.1 Å². The number of para-hydroxylation sites is 2. The Kier molecular flexibility index (Phi) is 4.98. The van der Waals surface area contributed by atoms with Gasteiger partial charge >= 0.3 is 5.69 Å². The second-order valence-electron chi connectivity index (χ2n) is 7.35. The highest BCUT2D eigenvalue weighted by Gasteiger charge is 2.16. The number of fused-ring (bicyclic) bond motifs is 2. The third-order valence-electron chi connectivity index (χ3n) is 5.22. The Morgan fingerprint density at radius 1 is 1.20 bits per heavy atom. The van der Waals surface area contributed by atoms with Gasteiger partial charge in [-0.3, -0.25) is 18.7 Å². The monoisotopic (exact) mass is 409 g/mol. The van der Waals surface area contributed by atoms with Crippen LogP contribution in [0.1, 0.15) is 31.6 Å². The molecule has 3 aromatic heterocycles. The predicted molar refractivity (Wildman–Crippen MR) is 112 cm³/mol. The van der Waals surface area contributed by atoms with Gasteiger partial charge in [0.2, 0.25) is 5.91 Å². The first-order chi connectivity index (χ1) is 14.4. The summed E-state index contributed by atoms with van der Waals surface area (Å²) in [6.45, 7) is 2.32. The van der Waals surface area contributed by atoms with E-state index in [1.165, 1.54) is 17.9 Å². The molecule has 3 heterocycles. The Bertz CT molecular complexity index is 1330. The summed E-state index contributed by atoms with van der Waals surface area (Å²) >= 11 is 0.